The molecule has 0 heterocycles. The van der Waals surface area contributed by atoms with E-state index in [-0.39, 0.29) is 12.7 Å². The first-order valence-corrected chi connectivity index (χ1v) is 22.9. The number of nitrogens with one attached hydrogen (secondary N) is 1. The van der Waals surface area contributed by atoms with Crippen molar-refractivity contribution in [3.8, 4) is 0 Å². The van der Waals surface area contributed by atoms with E-state index in [1.54, 1.807) is 7.11 Å². The van der Waals surface area contributed by atoms with Crippen LogP contribution in [0.1, 0.15) is 219 Å². The zero-order valence-electron chi connectivity index (χ0n) is 35.3. The summed E-state index contributed by atoms with van der Waals surface area (Å²) in [6, 6.07) is 0. The highest BCUT2D eigenvalue weighted by molar-refractivity contribution is 5.67. The molecule has 0 aliphatic rings. The second-order valence-electron chi connectivity index (χ2n) is 15.3. The molecule has 0 saturated carbocycles. The summed E-state index contributed by atoms with van der Waals surface area (Å²) in [6.07, 6.45) is 42.9. The van der Waals surface area contributed by atoms with Crippen molar-refractivity contribution in [3.05, 3.63) is 0 Å². The first-order valence-electron chi connectivity index (χ1n) is 22.9. The SMILES string of the molecule is CCCCCCCCCCCCCCCCCCOCC(COC(=O)NCCOCCOC)OCCCCCCCCCCCCCCCCCC. The van der Waals surface area contributed by atoms with Gasteiger partial charge in [0.1, 0.15) is 12.7 Å². The van der Waals surface area contributed by atoms with Gasteiger partial charge in [-0.2, -0.15) is 0 Å². The van der Waals surface area contributed by atoms with Gasteiger partial charge in [-0.15, -0.1) is 0 Å². The third-order valence-electron chi connectivity index (χ3n) is 10.1. The Labute approximate surface area is 324 Å². The van der Waals surface area contributed by atoms with Crippen molar-refractivity contribution < 1.29 is 28.5 Å². The van der Waals surface area contributed by atoms with Crippen LogP contribution in [0.3, 0.4) is 0 Å². The third kappa shape index (κ3) is 43.5. The molecule has 0 rings (SSSR count). The molecule has 0 saturated heterocycles. The van der Waals surface area contributed by atoms with Crippen molar-refractivity contribution in [2.75, 3.05) is 59.9 Å². The minimum absolute atomic E-state index is 0.203. The second kappa shape index (κ2) is 46.3. The summed E-state index contributed by atoms with van der Waals surface area (Å²) in [7, 11) is 1.64. The van der Waals surface area contributed by atoms with Gasteiger partial charge in [0.2, 0.25) is 0 Å². The van der Waals surface area contributed by atoms with Gasteiger partial charge in [0.05, 0.1) is 26.4 Å². The van der Waals surface area contributed by atoms with E-state index in [4.69, 9.17) is 23.7 Å². The molecule has 0 spiro atoms. The maximum atomic E-state index is 12.2. The van der Waals surface area contributed by atoms with Crippen LogP contribution in [0.25, 0.3) is 0 Å². The van der Waals surface area contributed by atoms with Crippen LogP contribution in [0.2, 0.25) is 0 Å². The molecule has 52 heavy (non-hydrogen) atoms. The van der Waals surface area contributed by atoms with Crippen LogP contribution < -0.4 is 5.32 Å². The molecule has 0 fully saturated rings. The van der Waals surface area contributed by atoms with E-state index >= 15 is 0 Å². The van der Waals surface area contributed by atoms with Crippen LogP contribution in [0.4, 0.5) is 4.79 Å². The van der Waals surface area contributed by atoms with Gasteiger partial charge in [0, 0.05) is 26.9 Å². The Morgan fingerprint density at radius 2 is 0.808 bits per heavy atom. The number of carbonyl (C=O) groups excluding carboxylic acids is 1. The molecule has 0 aliphatic carbocycles. The predicted octanol–water partition coefficient (Wildman–Crippen LogP) is 13.3. The summed E-state index contributed by atoms with van der Waals surface area (Å²) in [4.78, 5) is 12.2. The minimum Gasteiger partial charge on any atom is -0.447 e. The fourth-order valence-corrected chi connectivity index (χ4v) is 6.70. The summed E-state index contributed by atoms with van der Waals surface area (Å²) in [5.41, 5.74) is 0. The number of alkyl carbamates (subject to hydrolysis) is 1. The van der Waals surface area contributed by atoms with E-state index in [1.807, 2.05) is 0 Å². The Morgan fingerprint density at radius 1 is 0.423 bits per heavy atom. The maximum Gasteiger partial charge on any atom is 0.407 e. The van der Waals surface area contributed by atoms with Crippen LogP contribution in [0, 0.1) is 0 Å². The molecule has 0 aromatic rings. The summed E-state index contributed by atoms with van der Waals surface area (Å²) in [6.45, 7) is 8.56. The molecule has 0 aromatic carbocycles. The topological polar surface area (TPSA) is 75.3 Å². The van der Waals surface area contributed by atoms with E-state index in [1.165, 1.54) is 193 Å². The number of amides is 1. The maximum absolute atomic E-state index is 12.2. The smallest absolute Gasteiger partial charge is 0.407 e. The van der Waals surface area contributed by atoms with E-state index in [0.29, 0.717) is 39.6 Å². The molecule has 0 radical (unpaired) electrons. The predicted molar refractivity (Wildman–Crippen MR) is 222 cm³/mol. The first kappa shape index (κ1) is 51.1. The first-order chi connectivity index (χ1) is 25.7. The summed E-state index contributed by atoms with van der Waals surface area (Å²) >= 11 is 0. The average Bonchev–Trinajstić information content (AvgIpc) is 3.15. The Balaban J connectivity index is 3.93. The Kier molecular flexibility index (Phi) is 45.5. The molecular formula is C45H91NO6. The van der Waals surface area contributed by atoms with Crippen molar-refractivity contribution in [2.24, 2.45) is 0 Å². The lowest BCUT2D eigenvalue weighted by atomic mass is 10.0. The molecule has 1 amide bonds. The number of ether oxygens (including phenoxy) is 5. The number of carbonyl (C=O) groups is 1. The molecule has 1 unspecified atom stereocenters. The van der Waals surface area contributed by atoms with Crippen molar-refractivity contribution in [1.82, 2.24) is 5.32 Å². The van der Waals surface area contributed by atoms with Gasteiger partial charge in [-0.05, 0) is 12.8 Å². The average molecular weight is 742 g/mol. The fourth-order valence-electron chi connectivity index (χ4n) is 6.70. The lowest BCUT2D eigenvalue weighted by molar-refractivity contribution is -0.0469. The normalized spacial score (nSPS) is 12.1. The monoisotopic (exact) mass is 742 g/mol. The van der Waals surface area contributed by atoms with Gasteiger partial charge in [0.15, 0.2) is 0 Å². The minimum atomic E-state index is -0.441. The zero-order chi connectivity index (χ0) is 37.7. The molecule has 0 aromatic heterocycles. The standard InChI is InChI=1S/C45H91NO6/c1-4-6-8-10-12-14-16-18-20-22-24-26-28-30-32-34-37-50-42-44(43-52-45(47)46-36-39-49-41-40-48-3)51-38-35-33-31-29-27-25-23-21-19-17-15-13-11-9-7-5-2/h44H,4-43H2,1-3H3,(H,46,47). The van der Waals surface area contributed by atoms with Crippen LogP contribution in [-0.4, -0.2) is 72.1 Å². The van der Waals surface area contributed by atoms with Gasteiger partial charge in [0.25, 0.3) is 0 Å². The molecular weight excluding hydrogens is 650 g/mol. The van der Waals surface area contributed by atoms with Crippen molar-refractivity contribution in [3.63, 3.8) is 0 Å². The van der Waals surface area contributed by atoms with Gasteiger partial charge in [-0.1, -0.05) is 206 Å². The Morgan fingerprint density at radius 3 is 1.21 bits per heavy atom. The number of unbranched alkanes of at least 4 members (excludes halogenated alkanes) is 30. The lowest BCUT2D eigenvalue weighted by Crippen LogP contribution is -2.33. The van der Waals surface area contributed by atoms with E-state index in [0.717, 1.165) is 19.4 Å². The van der Waals surface area contributed by atoms with Crippen LogP contribution >= 0.6 is 0 Å². The van der Waals surface area contributed by atoms with Crippen molar-refractivity contribution in [2.45, 2.75) is 225 Å². The molecule has 7 nitrogen and oxygen atoms in total. The highest BCUT2D eigenvalue weighted by atomic mass is 16.6. The lowest BCUT2D eigenvalue weighted by Gasteiger charge is -2.18. The summed E-state index contributed by atoms with van der Waals surface area (Å²) in [5.74, 6) is 0. The molecule has 0 bridgehead atoms. The van der Waals surface area contributed by atoms with Gasteiger partial charge < -0.3 is 29.0 Å². The summed E-state index contributed by atoms with van der Waals surface area (Å²) < 4.78 is 28.0. The van der Waals surface area contributed by atoms with Gasteiger partial charge >= 0.3 is 6.09 Å². The molecule has 7 heteroatoms. The van der Waals surface area contributed by atoms with Gasteiger partial charge in [-0.3, -0.25) is 0 Å². The molecule has 0 aliphatic heterocycles. The molecule has 1 atom stereocenters. The third-order valence-corrected chi connectivity index (χ3v) is 10.1. The van der Waals surface area contributed by atoms with Gasteiger partial charge in [-0.25, -0.2) is 4.79 Å². The Hall–Kier alpha value is -0.890. The van der Waals surface area contributed by atoms with E-state index < -0.39 is 6.09 Å². The summed E-state index contributed by atoms with van der Waals surface area (Å²) in [5, 5.41) is 2.74. The van der Waals surface area contributed by atoms with Crippen molar-refractivity contribution >= 4 is 6.09 Å². The number of hydrogen-bond donors (Lipinski definition) is 1. The van der Waals surface area contributed by atoms with E-state index in [2.05, 4.69) is 19.2 Å². The fraction of sp³-hybridized carbons (Fsp3) is 0.978. The number of methoxy groups -OCH3 is 1. The quantitative estimate of drug-likeness (QED) is 0.0626. The Bertz CT molecular complexity index is 666. The van der Waals surface area contributed by atoms with Crippen molar-refractivity contribution in [1.29, 1.82) is 0 Å². The van der Waals surface area contributed by atoms with Crippen LogP contribution in [0.5, 0.6) is 0 Å². The van der Waals surface area contributed by atoms with Crippen LogP contribution in [-0.2, 0) is 23.7 Å². The van der Waals surface area contributed by atoms with E-state index in [9.17, 15) is 4.79 Å². The largest absolute Gasteiger partial charge is 0.447 e. The number of hydrogen-bond acceptors (Lipinski definition) is 6. The number of rotatable bonds is 45. The highest BCUT2D eigenvalue weighted by Gasteiger charge is 2.13. The molecule has 1 N–H and O–H groups in total. The second-order valence-corrected chi connectivity index (χ2v) is 15.3. The van der Waals surface area contributed by atoms with Crippen LogP contribution in [0.15, 0.2) is 0 Å². The zero-order valence-corrected chi connectivity index (χ0v) is 35.3. The molecule has 312 valence electrons. The highest BCUT2D eigenvalue weighted by Crippen LogP contribution is 2.15.